The highest BCUT2D eigenvalue weighted by Gasteiger charge is 2.21. The Hall–Kier alpha value is -6.69. The van der Waals surface area contributed by atoms with Crippen molar-refractivity contribution in [3.63, 3.8) is 0 Å². The second-order valence-corrected chi connectivity index (χ2v) is 12.4. The summed E-state index contributed by atoms with van der Waals surface area (Å²) in [5, 5.41) is 0. The Kier molecular flexibility index (Phi) is 10.5. The first kappa shape index (κ1) is 35.7. The van der Waals surface area contributed by atoms with Crippen LogP contribution in [-0.2, 0) is 19.8 Å². The molecular weight excluding hydrogens is 690 g/mol. The van der Waals surface area contributed by atoms with Crippen LogP contribution in [-0.4, -0.2) is 36.3 Å². The Bertz CT molecular complexity index is 2050. The third-order valence-electron chi connectivity index (χ3n) is 9.47. The summed E-state index contributed by atoms with van der Waals surface area (Å²) in [6.45, 7) is 7.05. The van der Waals surface area contributed by atoms with Gasteiger partial charge in [0.05, 0.1) is 39.9 Å². The molecule has 3 aromatic heterocycles. The van der Waals surface area contributed by atoms with Crippen molar-refractivity contribution in [1.29, 1.82) is 0 Å². The minimum atomic E-state index is 0.264. The van der Waals surface area contributed by atoms with Gasteiger partial charge in [-0.05, 0) is 109 Å². The lowest BCUT2D eigenvalue weighted by atomic mass is 9.89. The molecule has 276 valence electrons. The zero-order chi connectivity index (χ0) is 37.6. The molecule has 0 saturated carbocycles. The number of benzene rings is 4. The summed E-state index contributed by atoms with van der Waals surface area (Å²) in [7, 11) is 4.83. The molecule has 54 heavy (non-hydrogen) atoms. The molecule has 0 amide bonds. The Morgan fingerprint density at radius 2 is 0.722 bits per heavy atom. The predicted molar refractivity (Wildman–Crippen MR) is 199 cm³/mol. The fourth-order valence-corrected chi connectivity index (χ4v) is 6.38. The summed E-state index contributed by atoms with van der Waals surface area (Å²) < 4.78 is 53.0. The molecule has 7 aromatic rings. The molecule has 0 aliphatic rings. The molecule has 4 aromatic carbocycles. The highest BCUT2D eigenvalue weighted by Crippen LogP contribution is 2.38. The van der Waals surface area contributed by atoms with Crippen molar-refractivity contribution in [1.82, 2.24) is 15.0 Å². The number of aromatic nitrogens is 3. The molecule has 0 spiro atoms. The summed E-state index contributed by atoms with van der Waals surface area (Å²) in [4.78, 5) is 12.1. The smallest absolute Gasteiger partial charge is 0.181 e. The van der Waals surface area contributed by atoms with E-state index in [4.69, 9.17) is 41.7 Å². The van der Waals surface area contributed by atoms with Crippen molar-refractivity contribution >= 4 is 0 Å². The van der Waals surface area contributed by atoms with Gasteiger partial charge in [-0.15, -0.1) is 0 Å². The number of ether oxygens (including phenoxy) is 6. The summed E-state index contributed by atoms with van der Waals surface area (Å²) in [6, 6.07) is 16.9. The van der Waals surface area contributed by atoms with Gasteiger partial charge in [-0.25, -0.2) is 15.0 Å². The van der Waals surface area contributed by atoms with E-state index in [1.165, 1.54) is 19.2 Å². The zero-order valence-corrected chi connectivity index (χ0v) is 30.8. The largest absolute Gasteiger partial charge is 0.493 e. The van der Waals surface area contributed by atoms with Crippen LogP contribution in [0.4, 0.5) is 0 Å². The van der Waals surface area contributed by atoms with E-state index in [1.807, 2.05) is 54.6 Å². The Morgan fingerprint density at radius 3 is 0.963 bits per heavy atom. The molecule has 0 bridgehead atoms. The standard InChI is InChI=1S/C42H39N3O9/c1-25-31(19-49-34-10-7-28(13-37(34)46-4)40-16-43-22-52-40)26(2)33(21-51-36-12-9-30(15-39(36)48-6)42-18-45-24-54-42)27(3)32(25)20-50-35-11-8-29(14-38(35)47-5)41-17-44-23-53-41/h7-18,22-24H,19-21H2,1-6H3. The van der Waals surface area contributed by atoms with E-state index in [-0.39, 0.29) is 19.8 Å². The number of nitrogens with zero attached hydrogens (tertiary/aromatic N) is 3. The third-order valence-corrected chi connectivity index (χ3v) is 9.47. The molecule has 3 heterocycles. The van der Waals surface area contributed by atoms with Crippen LogP contribution in [0.2, 0.25) is 0 Å². The first-order chi connectivity index (χ1) is 26.4. The Morgan fingerprint density at radius 1 is 0.426 bits per heavy atom. The highest BCUT2D eigenvalue weighted by molar-refractivity contribution is 5.64. The van der Waals surface area contributed by atoms with Crippen LogP contribution in [0.15, 0.2) is 106 Å². The summed E-state index contributed by atoms with van der Waals surface area (Å²) >= 11 is 0. The minimum Gasteiger partial charge on any atom is -0.493 e. The van der Waals surface area contributed by atoms with Crippen molar-refractivity contribution in [2.75, 3.05) is 21.3 Å². The van der Waals surface area contributed by atoms with E-state index in [0.29, 0.717) is 51.8 Å². The average Bonchev–Trinajstić information content (AvgIpc) is 4.03. The second kappa shape index (κ2) is 15.9. The van der Waals surface area contributed by atoms with Gasteiger partial charge in [0.2, 0.25) is 0 Å². The summed E-state index contributed by atoms with van der Waals surface area (Å²) in [5.41, 5.74) is 8.59. The van der Waals surface area contributed by atoms with Crippen molar-refractivity contribution in [3.05, 3.63) is 126 Å². The van der Waals surface area contributed by atoms with Crippen molar-refractivity contribution < 1.29 is 41.7 Å². The average molecular weight is 730 g/mol. The molecule has 7 rings (SSSR count). The van der Waals surface area contributed by atoms with Gasteiger partial charge in [0.25, 0.3) is 0 Å². The number of rotatable bonds is 15. The third kappa shape index (κ3) is 7.31. The van der Waals surface area contributed by atoms with Crippen molar-refractivity contribution in [2.45, 2.75) is 40.6 Å². The molecule has 0 aliphatic carbocycles. The fraction of sp³-hybridized carbons (Fsp3) is 0.214. The second-order valence-electron chi connectivity index (χ2n) is 12.4. The zero-order valence-electron chi connectivity index (χ0n) is 30.8. The van der Waals surface area contributed by atoms with Gasteiger partial charge in [0.15, 0.2) is 71.0 Å². The van der Waals surface area contributed by atoms with Crippen LogP contribution in [0.3, 0.4) is 0 Å². The Labute approximate surface area is 312 Å². The van der Waals surface area contributed by atoms with Gasteiger partial charge in [-0.3, -0.25) is 0 Å². The fourth-order valence-electron chi connectivity index (χ4n) is 6.38. The molecule has 0 fully saturated rings. The quantitative estimate of drug-likeness (QED) is 0.0995. The van der Waals surface area contributed by atoms with Gasteiger partial charge in [-0.2, -0.15) is 0 Å². The van der Waals surface area contributed by atoms with Gasteiger partial charge in [-0.1, -0.05) is 0 Å². The summed E-state index contributed by atoms with van der Waals surface area (Å²) in [6.07, 6.45) is 9.15. The number of methoxy groups -OCH3 is 3. The molecule has 0 atom stereocenters. The first-order valence-electron chi connectivity index (χ1n) is 17.1. The van der Waals surface area contributed by atoms with Crippen LogP contribution >= 0.6 is 0 Å². The van der Waals surface area contributed by atoms with Crippen LogP contribution < -0.4 is 28.4 Å². The Balaban J connectivity index is 1.20. The van der Waals surface area contributed by atoms with E-state index in [0.717, 1.165) is 50.1 Å². The molecule has 0 radical (unpaired) electrons. The SMILES string of the molecule is COc1cc(-c2cnco2)ccc1OCc1c(C)c(COc2ccc(-c3cnco3)cc2OC)c(C)c(COc2ccc(-c3cnco3)cc2OC)c1C. The number of hydrogen-bond acceptors (Lipinski definition) is 12. The van der Waals surface area contributed by atoms with E-state index in [1.54, 1.807) is 39.9 Å². The lowest BCUT2D eigenvalue weighted by molar-refractivity contribution is 0.271. The maximum Gasteiger partial charge on any atom is 0.181 e. The van der Waals surface area contributed by atoms with E-state index in [9.17, 15) is 0 Å². The lowest BCUT2D eigenvalue weighted by Crippen LogP contribution is -2.14. The van der Waals surface area contributed by atoms with Crippen LogP contribution in [0, 0.1) is 20.8 Å². The molecule has 0 aliphatic heterocycles. The lowest BCUT2D eigenvalue weighted by Gasteiger charge is -2.24. The van der Waals surface area contributed by atoms with E-state index >= 15 is 0 Å². The molecule has 12 nitrogen and oxygen atoms in total. The van der Waals surface area contributed by atoms with Gasteiger partial charge in [0, 0.05) is 16.7 Å². The molecule has 0 saturated heterocycles. The number of oxazole rings is 3. The molecule has 12 heteroatoms. The van der Waals surface area contributed by atoms with Crippen molar-refractivity contribution in [2.24, 2.45) is 0 Å². The van der Waals surface area contributed by atoms with Crippen molar-refractivity contribution in [3.8, 4) is 68.5 Å². The van der Waals surface area contributed by atoms with Gasteiger partial charge in [0.1, 0.15) is 19.8 Å². The maximum absolute atomic E-state index is 6.47. The van der Waals surface area contributed by atoms with Gasteiger partial charge >= 0.3 is 0 Å². The van der Waals surface area contributed by atoms with Crippen LogP contribution in [0.25, 0.3) is 34.0 Å². The van der Waals surface area contributed by atoms with E-state index < -0.39 is 0 Å². The van der Waals surface area contributed by atoms with Crippen LogP contribution in [0.1, 0.15) is 33.4 Å². The minimum absolute atomic E-state index is 0.264. The van der Waals surface area contributed by atoms with Gasteiger partial charge < -0.3 is 41.7 Å². The van der Waals surface area contributed by atoms with E-state index in [2.05, 4.69) is 35.7 Å². The monoisotopic (exact) mass is 729 g/mol. The molecule has 0 N–H and O–H groups in total. The molecule has 0 unspecified atom stereocenters. The van der Waals surface area contributed by atoms with Crippen LogP contribution in [0.5, 0.6) is 34.5 Å². The molecular formula is C42H39N3O9. The first-order valence-corrected chi connectivity index (χ1v) is 17.1. The summed E-state index contributed by atoms with van der Waals surface area (Å²) in [5.74, 6) is 5.37. The number of hydrogen-bond donors (Lipinski definition) is 0. The maximum atomic E-state index is 6.47. The predicted octanol–water partition coefficient (Wildman–Crippen LogP) is 9.34. The highest BCUT2D eigenvalue weighted by atomic mass is 16.5. The topological polar surface area (TPSA) is 133 Å². The normalized spacial score (nSPS) is 11.0.